The standard InChI is InChI=1S/C23H26ClNO6/c1-28-20-9-8-16(13-21(20)29-2)10-12-30-23(27)19-7-4-11-25(19)22(26)15-31-18-6-3-5-17(24)14-18/h3,5-6,8-9,13-14,19H,4,7,10-12,15H2,1-2H3/t19-/m0/s1. The molecule has 0 unspecified atom stereocenters. The van der Waals surface area contributed by atoms with Gasteiger partial charge < -0.3 is 23.8 Å². The van der Waals surface area contributed by atoms with Crippen LogP contribution in [-0.2, 0) is 20.7 Å². The normalized spacial score (nSPS) is 15.5. The van der Waals surface area contributed by atoms with Gasteiger partial charge in [-0.05, 0) is 48.7 Å². The monoisotopic (exact) mass is 447 g/mol. The summed E-state index contributed by atoms with van der Waals surface area (Å²) in [7, 11) is 3.15. The number of esters is 1. The average Bonchev–Trinajstić information content (AvgIpc) is 3.27. The van der Waals surface area contributed by atoms with Crippen LogP contribution < -0.4 is 14.2 Å². The highest BCUT2D eigenvalue weighted by molar-refractivity contribution is 6.30. The summed E-state index contributed by atoms with van der Waals surface area (Å²) in [6, 6.07) is 11.8. The molecule has 8 heteroatoms. The van der Waals surface area contributed by atoms with Crippen LogP contribution in [0, 0.1) is 0 Å². The lowest BCUT2D eigenvalue weighted by atomic mass is 10.1. The fourth-order valence-corrected chi connectivity index (χ4v) is 3.68. The molecule has 0 spiro atoms. The third-order valence-electron chi connectivity index (χ3n) is 5.09. The first-order chi connectivity index (χ1) is 15.0. The van der Waals surface area contributed by atoms with Crippen LogP contribution in [0.2, 0.25) is 5.02 Å². The summed E-state index contributed by atoms with van der Waals surface area (Å²) in [5, 5.41) is 0.530. The number of benzene rings is 2. The highest BCUT2D eigenvalue weighted by atomic mass is 35.5. The average molecular weight is 448 g/mol. The lowest BCUT2D eigenvalue weighted by Crippen LogP contribution is -2.43. The van der Waals surface area contributed by atoms with Gasteiger partial charge in [-0.15, -0.1) is 0 Å². The number of ether oxygens (including phenoxy) is 4. The van der Waals surface area contributed by atoms with Crippen molar-refractivity contribution in [3.05, 3.63) is 53.1 Å². The molecule has 0 radical (unpaired) electrons. The summed E-state index contributed by atoms with van der Waals surface area (Å²) in [4.78, 5) is 26.7. The Morgan fingerprint density at radius 1 is 1.10 bits per heavy atom. The Kier molecular flexibility index (Phi) is 8.00. The largest absolute Gasteiger partial charge is 0.493 e. The minimum Gasteiger partial charge on any atom is -0.493 e. The van der Waals surface area contributed by atoms with E-state index in [0.29, 0.717) is 41.7 Å². The van der Waals surface area contributed by atoms with E-state index in [1.54, 1.807) is 38.5 Å². The van der Waals surface area contributed by atoms with Crippen LogP contribution in [0.3, 0.4) is 0 Å². The maximum Gasteiger partial charge on any atom is 0.328 e. The van der Waals surface area contributed by atoms with Crippen LogP contribution in [0.1, 0.15) is 18.4 Å². The zero-order valence-electron chi connectivity index (χ0n) is 17.6. The molecular weight excluding hydrogens is 422 g/mol. The van der Waals surface area contributed by atoms with Crippen molar-refractivity contribution in [2.24, 2.45) is 0 Å². The minimum atomic E-state index is -0.583. The van der Waals surface area contributed by atoms with E-state index in [4.69, 9.17) is 30.5 Å². The third kappa shape index (κ3) is 6.04. The van der Waals surface area contributed by atoms with Crippen LogP contribution in [0.15, 0.2) is 42.5 Å². The number of rotatable bonds is 9. The summed E-state index contributed by atoms with van der Waals surface area (Å²) in [5.74, 6) is 1.13. The fraction of sp³-hybridized carbons (Fsp3) is 0.391. The van der Waals surface area contributed by atoms with E-state index >= 15 is 0 Å². The summed E-state index contributed by atoms with van der Waals surface area (Å²) in [5.41, 5.74) is 0.958. The highest BCUT2D eigenvalue weighted by Gasteiger charge is 2.35. The maximum absolute atomic E-state index is 12.6. The van der Waals surface area contributed by atoms with Crippen LogP contribution >= 0.6 is 11.6 Å². The number of amides is 1. The maximum atomic E-state index is 12.6. The van der Waals surface area contributed by atoms with Crippen molar-refractivity contribution >= 4 is 23.5 Å². The Labute approximate surface area is 186 Å². The van der Waals surface area contributed by atoms with Crippen LogP contribution in [0.4, 0.5) is 0 Å². The van der Waals surface area contributed by atoms with Gasteiger partial charge >= 0.3 is 5.97 Å². The van der Waals surface area contributed by atoms with Gasteiger partial charge in [-0.3, -0.25) is 4.79 Å². The molecular formula is C23H26ClNO6. The summed E-state index contributed by atoms with van der Waals surface area (Å²) >= 11 is 5.93. The molecule has 1 atom stereocenters. The van der Waals surface area contributed by atoms with Crippen LogP contribution in [-0.4, -0.2) is 56.8 Å². The second kappa shape index (κ2) is 10.9. The quantitative estimate of drug-likeness (QED) is 0.547. The van der Waals surface area contributed by atoms with E-state index in [1.807, 2.05) is 18.2 Å². The minimum absolute atomic E-state index is 0.157. The molecule has 0 saturated carbocycles. The van der Waals surface area contributed by atoms with Gasteiger partial charge in [-0.2, -0.15) is 0 Å². The topological polar surface area (TPSA) is 74.3 Å². The van der Waals surface area contributed by atoms with E-state index < -0.39 is 12.0 Å². The number of carbonyl (C=O) groups is 2. The van der Waals surface area contributed by atoms with Crippen molar-refractivity contribution < 1.29 is 28.5 Å². The molecule has 3 rings (SSSR count). The van der Waals surface area contributed by atoms with Gasteiger partial charge in [0.2, 0.25) is 0 Å². The Morgan fingerprint density at radius 3 is 2.65 bits per heavy atom. The summed E-state index contributed by atoms with van der Waals surface area (Å²) in [6.45, 7) is 0.564. The van der Waals surface area contributed by atoms with Gasteiger partial charge in [0.05, 0.1) is 20.8 Å². The number of hydrogen-bond donors (Lipinski definition) is 0. The van der Waals surface area contributed by atoms with Crippen molar-refractivity contribution in [3.8, 4) is 17.2 Å². The number of carbonyl (C=O) groups excluding carboxylic acids is 2. The Hall–Kier alpha value is -2.93. The molecule has 2 aromatic rings. The molecule has 1 fully saturated rings. The van der Waals surface area contributed by atoms with Crippen molar-refractivity contribution in [3.63, 3.8) is 0 Å². The predicted octanol–water partition coefficient (Wildman–Crippen LogP) is 3.51. The molecule has 31 heavy (non-hydrogen) atoms. The number of nitrogens with zero attached hydrogens (tertiary/aromatic N) is 1. The predicted molar refractivity (Wildman–Crippen MR) is 116 cm³/mol. The van der Waals surface area contributed by atoms with E-state index in [2.05, 4.69) is 0 Å². The van der Waals surface area contributed by atoms with Crippen molar-refractivity contribution in [1.29, 1.82) is 0 Å². The molecule has 1 heterocycles. The van der Waals surface area contributed by atoms with E-state index in [-0.39, 0.29) is 19.1 Å². The van der Waals surface area contributed by atoms with Gasteiger partial charge in [-0.1, -0.05) is 23.7 Å². The van der Waals surface area contributed by atoms with Crippen molar-refractivity contribution in [1.82, 2.24) is 4.90 Å². The lowest BCUT2D eigenvalue weighted by molar-refractivity contribution is -0.153. The molecule has 0 bridgehead atoms. The first-order valence-corrected chi connectivity index (χ1v) is 10.4. The van der Waals surface area contributed by atoms with E-state index in [1.165, 1.54) is 4.90 Å². The number of halogens is 1. The van der Waals surface area contributed by atoms with Gasteiger partial charge in [0.15, 0.2) is 18.1 Å². The molecule has 7 nitrogen and oxygen atoms in total. The van der Waals surface area contributed by atoms with Gasteiger partial charge in [-0.25, -0.2) is 4.79 Å². The number of methoxy groups -OCH3 is 2. The van der Waals surface area contributed by atoms with Gasteiger partial charge in [0.25, 0.3) is 5.91 Å². The number of hydrogen-bond acceptors (Lipinski definition) is 6. The first-order valence-electron chi connectivity index (χ1n) is 10.1. The Balaban J connectivity index is 1.49. The molecule has 1 aliphatic rings. The highest BCUT2D eigenvalue weighted by Crippen LogP contribution is 2.28. The van der Waals surface area contributed by atoms with E-state index in [0.717, 1.165) is 12.0 Å². The molecule has 1 saturated heterocycles. The van der Waals surface area contributed by atoms with Crippen molar-refractivity contribution in [2.75, 3.05) is 34.0 Å². The van der Waals surface area contributed by atoms with Crippen LogP contribution in [0.5, 0.6) is 17.2 Å². The second-order valence-electron chi connectivity index (χ2n) is 7.10. The SMILES string of the molecule is COc1ccc(CCOC(=O)[C@@H]2CCCN2C(=O)COc2cccc(Cl)c2)cc1OC. The zero-order valence-corrected chi connectivity index (χ0v) is 18.4. The second-order valence-corrected chi connectivity index (χ2v) is 7.53. The molecule has 0 N–H and O–H groups in total. The lowest BCUT2D eigenvalue weighted by Gasteiger charge is -2.23. The Bertz CT molecular complexity index is 919. The summed E-state index contributed by atoms with van der Waals surface area (Å²) in [6.07, 6.45) is 1.86. The molecule has 166 valence electrons. The molecule has 2 aromatic carbocycles. The van der Waals surface area contributed by atoms with Crippen LogP contribution in [0.25, 0.3) is 0 Å². The third-order valence-corrected chi connectivity index (χ3v) is 5.32. The van der Waals surface area contributed by atoms with E-state index in [9.17, 15) is 9.59 Å². The van der Waals surface area contributed by atoms with Crippen molar-refractivity contribution in [2.45, 2.75) is 25.3 Å². The van der Waals surface area contributed by atoms with Gasteiger partial charge in [0, 0.05) is 18.0 Å². The molecule has 1 amide bonds. The molecule has 0 aromatic heterocycles. The summed E-state index contributed by atoms with van der Waals surface area (Å²) < 4.78 is 21.5. The molecule has 1 aliphatic heterocycles. The fourth-order valence-electron chi connectivity index (χ4n) is 3.50. The Morgan fingerprint density at radius 2 is 1.90 bits per heavy atom. The first kappa shape index (κ1) is 22.7. The van der Waals surface area contributed by atoms with Gasteiger partial charge in [0.1, 0.15) is 11.8 Å². The zero-order chi connectivity index (χ0) is 22.2. The smallest absolute Gasteiger partial charge is 0.328 e. The number of likely N-dealkylation sites (tertiary alicyclic amines) is 1. The molecule has 0 aliphatic carbocycles.